The smallest absolute Gasteiger partial charge is 0.0647 e. The molecule has 0 atom stereocenters. The quantitative estimate of drug-likeness (QED) is 0.778. The largest absolute Gasteiger partial charge is 0.303 e. The molecular formula is C13H17Cl2N3. The highest BCUT2D eigenvalue weighted by Crippen LogP contribution is 2.23. The summed E-state index contributed by atoms with van der Waals surface area (Å²) in [4.78, 5) is 2.31. The van der Waals surface area contributed by atoms with Gasteiger partial charge in [0, 0.05) is 26.2 Å². The van der Waals surface area contributed by atoms with E-state index in [1.54, 1.807) is 0 Å². The predicted octanol–water partition coefficient (Wildman–Crippen LogP) is 2.96. The average Bonchev–Trinajstić information content (AvgIpc) is 2.35. The number of hydrazone groups is 1. The Morgan fingerprint density at radius 1 is 1.11 bits per heavy atom. The third-order valence-corrected chi connectivity index (χ3v) is 3.85. The first-order valence-corrected chi connectivity index (χ1v) is 6.76. The Hall–Kier alpha value is -0.770. The van der Waals surface area contributed by atoms with Crippen molar-refractivity contribution in [3.63, 3.8) is 0 Å². The van der Waals surface area contributed by atoms with E-state index in [0.29, 0.717) is 10.0 Å². The van der Waals surface area contributed by atoms with Gasteiger partial charge in [0.2, 0.25) is 0 Å². The van der Waals surface area contributed by atoms with E-state index in [1.165, 1.54) is 0 Å². The predicted molar refractivity (Wildman–Crippen MR) is 77.7 cm³/mol. The lowest BCUT2D eigenvalue weighted by atomic mass is 10.1. The van der Waals surface area contributed by atoms with Gasteiger partial charge in [0.15, 0.2) is 0 Å². The first-order valence-electron chi connectivity index (χ1n) is 6.00. The van der Waals surface area contributed by atoms with Gasteiger partial charge in [-0.15, -0.1) is 0 Å². The summed E-state index contributed by atoms with van der Waals surface area (Å²) in [5.41, 5.74) is 1.99. The summed E-state index contributed by atoms with van der Waals surface area (Å²) < 4.78 is 0. The second-order valence-electron chi connectivity index (χ2n) is 4.57. The van der Waals surface area contributed by atoms with Gasteiger partial charge in [0.05, 0.1) is 15.8 Å². The summed E-state index contributed by atoms with van der Waals surface area (Å²) in [5, 5.41) is 7.89. The van der Waals surface area contributed by atoms with Crippen molar-refractivity contribution in [1.82, 2.24) is 9.91 Å². The molecule has 0 amide bonds. The Kier molecular flexibility index (Phi) is 4.49. The van der Waals surface area contributed by atoms with Crippen LogP contribution in [0.15, 0.2) is 23.3 Å². The zero-order valence-electron chi connectivity index (χ0n) is 10.7. The van der Waals surface area contributed by atoms with Gasteiger partial charge < -0.3 is 4.90 Å². The lowest BCUT2D eigenvalue weighted by molar-refractivity contribution is 0.159. The molecule has 1 saturated heterocycles. The number of nitrogens with zero attached hydrogens (tertiary/aromatic N) is 3. The Morgan fingerprint density at radius 2 is 1.78 bits per heavy atom. The highest BCUT2D eigenvalue weighted by Gasteiger charge is 2.12. The minimum absolute atomic E-state index is 0.571. The highest BCUT2D eigenvalue weighted by atomic mass is 35.5. The first-order chi connectivity index (χ1) is 8.56. The normalized spacial score (nSPS) is 18.2. The Morgan fingerprint density at radius 3 is 2.39 bits per heavy atom. The standard InChI is InChI=1S/C13H17Cl2N3/c1-10(11-3-4-12(14)13(15)9-11)16-18-7-5-17(2)6-8-18/h3-4,9H,5-8H2,1-2H3/b16-10+. The van der Waals surface area contributed by atoms with E-state index in [1.807, 2.05) is 25.1 Å². The van der Waals surface area contributed by atoms with Crippen LogP contribution >= 0.6 is 23.2 Å². The van der Waals surface area contributed by atoms with Gasteiger partial charge in [0.1, 0.15) is 0 Å². The second-order valence-corrected chi connectivity index (χ2v) is 5.39. The topological polar surface area (TPSA) is 18.8 Å². The van der Waals surface area contributed by atoms with Gasteiger partial charge in [-0.3, -0.25) is 5.01 Å². The third kappa shape index (κ3) is 3.37. The molecule has 1 aliphatic rings. The summed E-state index contributed by atoms with van der Waals surface area (Å²) in [6, 6.07) is 5.62. The highest BCUT2D eigenvalue weighted by molar-refractivity contribution is 6.42. The zero-order valence-corrected chi connectivity index (χ0v) is 12.2. The number of halogens is 2. The maximum Gasteiger partial charge on any atom is 0.0647 e. The second kappa shape index (κ2) is 5.91. The molecule has 0 N–H and O–H groups in total. The molecule has 0 unspecified atom stereocenters. The van der Waals surface area contributed by atoms with Crippen LogP contribution in [-0.4, -0.2) is 48.8 Å². The lowest BCUT2D eigenvalue weighted by Crippen LogP contribution is -2.42. The molecule has 18 heavy (non-hydrogen) atoms. The average molecular weight is 286 g/mol. The molecule has 1 fully saturated rings. The molecule has 1 heterocycles. The summed E-state index contributed by atoms with van der Waals surface area (Å²) in [7, 11) is 2.13. The third-order valence-electron chi connectivity index (χ3n) is 3.11. The van der Waals surface area contributed by atoms with Crippen molar-refractivity contribution >= 4 is 28.9 Å². The molecule has 0 saturated carbocycles. The fraction of sp³-hybridized carbons (Fsp3) is 0.462. The fourth-order valence-electron chi connectivity index (χ4n) is 1.89. The van der Waals surface area contributed by atoms with E-state index in [4.69, 9.17) is 23.2 Å². The van der Waals surface area contributed by atoms with Crippen LogP contribution in [0.2, 0.25) is 10.0 Å². The molecule has 0 radical (unpaired) electrons. The van der Waals surface area contributed by atoms with Gasteiger partial charge >= 0.3 is 0 Å². The molecule has 0 aromatic heterocycles. The summed E-state index contributed by atoms with van der Waals surface area (Å²) in [6.07, 6.45) is 0. The van der Waals surface area contributed by atoms with E-state index in [2.05, 4.69) is 22.1 Å². The van der Waals surface area contributed by atoms with Crippen molar-refractivity contribution in [3.8, 4) is 0 Å². The van der Waals surface area contributed by atoms with Crippen LogP contribution in [0.1, 0.15) is 12.5 Å². The lowest BCUT2D eigenvalue weighted by Gasteiger charge is -2.30. The molecular weight excluding hydrogens is 269 g/mol. The Labute approximate surface area is 118 Å². The summed E-state index contributed by atoms with van der Waals surface area (Å²) >= 11 is 11.9. The first kappa shape index (κ1) is 13.7. The van der Waals surface area contributed by atoms with Crippen LogP contribution in [0.4, 0.5) is 0 Å². The molecule has 1 aliphatic heterocycles. The van der Waals surface area contributed by atoms with Crippen LogP contribution in [-0.2, 0) is 0 Å². The molecule has 0 aliphatic carbocycles. The van der Waals surface area contributed by atoms with Crippen LogP contribution < -0.4 is 0 Å². The maximum atomic E-state index is 6.01. The van der Waals surface area contributed by atoms with Crippen LogP contribution in [0, 0.1) is 0 Å². The maximum absolute atomic E-state index is 6.01. The van der Waals surface area contributed by atoms with Crippen molar-refractivity contribution < 1.29 is 0 Å². The minimum atomic E-state index is 0.571. The molecule has 2 rings (SSSR count). The van der Waals surface area contributed by atoms with E-state index in [-0.39, 0.29) is 0 Å². The van der Waals surface area contributed by atoms with E-state index in [0.717, 1.165) is 37.5 Å². The number of benzene rings is 1. The molecule has 1 aromatic carbocycles. The summed E-state index contributed by atoms with van der Waals surface area (Å²) in [5.74, 6) is 0. The SMILES string of the molecule is C/C(=N\N1CCN(C)CC1)c1ccc(Cl)c(Cl)c1. The van der Waals surface area contributed by atoms with Gasteiger partial charge in [-0.1, -0.05) is 29.3 Å². The number of rotatable bonds is 2. The number of piperazine rings is 1. The molecule has 0 spiro atoms. The van der Waals surface area contributed by atoms with Crippen LogP contribution in [0.3, 0.4) is 0 Å². The van der Waals surface area contributed by atoms with Crippen molar-refractivity contribution in [2.45, 2.75) is 6.92 Å². The molecule has 3 nitrogen and oxygen atoms in total. The van der Waals surface area contributed by atoms with Gasteiger partial charge in [-0.05, 0) is 31.7 Å². The van der Waals surface area contributed by atoms with Gasteiger partial charge in [-0.25, -0.2) is 0 Å². The number of hydrogen-bond acceptors (Lipinski definition) is 3. The monoisotopic (exact) mass is 285 g/mol. The Bertz CT molecular complexity index is 452. The molecule has 0 bridgehead atoms. The Balaban J connectivity index is 2.10. The van der Waals surface area contributed by atoms with E-state index < -0.39 is 0 Å². The van der Waals surface area contributed by atoms with Crippen molar-refractivity contribution in [1.29, 1.82) is 0 Å². The van der Waals surface area contributed by atoms with Gasteiger partial charge in [-0.2, -0.15) is 5.10 Å². The van der Waals surface area contributed by atoms with Crippen molar-refractivity contribution in [2.75, 3.05) is 33.2 Å². The molecule has 5 heteroatoms. The van der Waals surface area contributed by atoms with Crippen molar-refractivity contribution in [2.24, 2.45) is 5.10 Å². The zero-order chi connectivity index (χ0) is 13.1. The summed E-state index contributed by atoms with van der Waals surface area (Å²) in [6.45, 7) is 6.04. The number of likely N-dealkylation sites (N-methyl/N-ethyl adjacent to an activating group) is 1. The number of hydrogen-bond donors (Lipinski definition) is 0. The fourth-order valence-corrected chi connectivity index (χ4v) is 2.19. The minimum Gasteiger partial charge on any atom is -0.303 e. The molecule has 1 aromatic rings. The van der Waals surface area contributed by atoms with Crippen LogP contribution in [0.25, 0.3) is 0 Å². The van der Waals surface area contributed by atoms with E-state index >= 15 is 0 Å². The van der Waals surface area contributed by atoms with Crippen molar-refractivity contribution in [3.05, 3.63) is 33.8 Å². The van der Waals surface area contributed by atoms with Crippen LogP contribution in [0.5, 0.6) is 0 Å². The molecule has 98 valence electrons. The van der Waals surface area contributed by atoms with E-state index in [9.17, 15) is 0 Å². The van der Waals surface area contributed by atoms with Gasteiger partial charge in [0.25, 0.3) is 0 Å².